The molecule has 0 spiro atoms. The Labute approximate surface area is 312 Å². The van der Waals surface area contributed by atoms with Crippen molar-refractivity contribution in [2.24, 2.45) is 7.05 Å². The number of aryl methyl sites for hydroxylation is 1. The normalized spacial score (nSPS) is 14.4. The minimum absolute atomic E-state index is 0.111. The van der Waals surface area contributed by atoms with E-state index >= 15 is 0 Å². The van der Waals surface area contributed by atoms with E-state index in [0.717, 1.165) is 14.7 Å². The highest BCUT2D eigenvalue weighted by Gasteiger charge is 2.37. The Kier molecular flexibility index (Phi) is 10.1. The lowest BCUT2D eigenvalue weighted by molar-refractivity contribution is 0.0677. The topological polar surface area (TPSA) is 197 Å². The summed E-state index contributed by atoms with van der Waals surface area (Å²) in [5.74, 6) is 0.184. The lowest BCUT2D eigenvalue weighted by atomic mass is 10.1. The van der Waals surface area contributed by atoms with Gasteiger partial charge in [-0.25, -0.2) is 4.68 Å². The molecule has 4 aliphatic rings. The maximum atomic E-state index is 11.8. The van der Waals surface area contributed by atoms with Gasteiger partial charge in [-0.2, -0.15) is 0 Å². The van der Waals surface area contributed by atoms with Gasteiger partial charge in [0.1, 0.15) is 17.0 Å². The number of aromatic nitrogens is 3. The zero-order valence-electron chi connectivity index (χ0n) is 30.3. The first kappa shape index (κ1) is 37.3. The molecular weight excluding hydrogens is 716 g/mol. The largest absolute Gasteiger partial charge is 0.497 e. The van der Waals surface area contributed by atoms with Gasteiger partial charge >= 0.3 is 0 Å². The first-order valence-corrected chi connectivity index (χ1v) is 16.3. The summed E-state index contributed by atoms with van der Waals surface area (Å²) in [5.41, 5.74) is 2.93. The van der Waals surface area contributed by atoms with E-state index < -0.39 is 0 Å². The maximum absolute atomic E-state index is 11.8. The molecule has 17 heteroatoms. The zero-order chi connectivity index (χ0) is 39.7. The molecule has 0 unspecified atom stereocenters. The lowest BCUT2D eigenvalue weighted by Crippen LogP contribution is -2.24. The van der Waals surface area contributed by atoms with E-state index in [2.05, 4.69) is 10.3 Å². The summed E-state index contributed by atoms with van der Waals surface area (Å²) < 4.78 is 21.6. The number of imide groups is 3. The van der Waals surface area contributed by atoms with Gasteiger partial charge in [-0.3, -0.25) is 48.3 Å². The predicted molar refractivity (Wildman–Crippen MR) is 193 cm³/mol. The summed E-state index contributed by atoms with van der Waals surface area (Å²) in [4.78, 5) is 84.0. The van der Waals surface area contributed by atoms with Crippen molar-refractivity contribution in [3.63, 3.8) is 0 Å². The lowest BCUT2D eigenvalue weighted by Gasteiger charge is -2.07. The van der Waals surface area contributed by atoms with Crippen LogP contribution in [0, 0.1) is 0 Å². The molecule has 4 aromatic carbocycles. The van der Waals surface area contributed by atoms with Crippen LogP contribution < -0.4 is 24.5 Å². The number of rotatable bonds is 2. The van der Waals surface area contributed by atoms with Crippen LogP contribution in [0.25, 0.3) is 10.9 Å². The molecule has 55 heavy (non-hydrogen) atoms. The molecule has 1 aromatic heterocycles. The standard InChI is InChI=1S/C11H11NO4.C10H7NO4.C9H7NO2.C8H7N3O/c1-12-10(13)7-4-6(15-2)5-8(16-3)9(7)11(12)14;1-11-9(12)5-2-7-8(15-4-14-7)3-6(5)10(11)13;1-10-8(11)6-4-2-3-5-7(6)9(10)12;1-11-8(12)6-4-2-3-5-7(6)9-10-11/h4-5H,1-3H3;2-3H,4H2,1H3;2*2-5H,1H3. The zero-order valence-corrected chi connectivity index (χ0v) is 30.3. The summed E-state index contributed by atoms with van der Waals surface area (Å²) in [6, 6.07) is 20.2. The van der Waals surface area contributed by atoms with E-state index in [0.29, 0.717) is 67.3 Å². The number of carbonyl (C=O) groups excluding carboxylic acids is 6. The molecule has 9 rings (SSSR count). The molecular formula is C38H32N6O11. The van der Waals surface area contributed by atoms with Gasteiger partial charge in [-0.15, -0.1) is 5.10 Å². The first-order valence-electron chi connectivity index (χ1n) is 16.3. The molecule has 0 radical (unpaired) electrons. The number of benzene rings is 4. The van der Waals surface area contributed by atoms with Gasteiger partial charge in [0.25, 0.3) is 41.0 Å². The van der Waals surface area contributed by atoms with Gasteiger partial charge in [0.2, 0.25) is 6.79 Å². The monoisotopic (exact) mass is 748 g/mol. The number of nitrogens with zero attached hydrogens (tertiary/aromatic N) is 6. The number of ether oxygens (including phenoxy) is 4. The Morgan fingerprint density at radius 3 is 1.60 bits per heavy atom. The van der Waals surface area contributed by atoms with Crippen molar-refractivity contribution < 1.29 is 47.7 Å². The summed E-state index contributed by atoms with van der Waals surface area (Å²) >= 11 is 0. The Balaban J connectivity index is 0.000000126. The van der Waals surface area contributed by atoms with Crippen molar-refractivity contribution in [2.75, 3.05) is 42.2 Å². The fraction of sp³-hybridized carbons (Fsp3) is 0.184. The van der Waals surface area contributed by atoms with Gasteiger partial charge in [-0.1, -0.05) is 29.5 Å². The van der Waals surface area contributed by atoms with E-state index in [4.69, 9.17) is 18.9 Å². The van der Waals surface area contributed by atoms with Crippen molar-refractivity contribution >= 4 is 46.3 Å². The Bertz CT molecular complexity index is 2440. The molecule has 0 atom stereocenters. The molecule has 0 bridgehead atoms. The van der Waals surface area contributed by atoms with Crippen molar-refractivity contribution in [3.05, 3.63) is 117 Å². The Morgan fingerprint density at radius 2 is 1.05 bits per heavy atom. The molecule has 0 saturated heterocycles. The van der Waals surface area contributed by atoms with Gasteiger partial charge < -0.3 is 18.9 Å². The smallest absolute Gasteiger partial charge is 0.277 e. The van der Waals surface area contributed by atoms with E-state index in [-0.39, 0.29) is 47.8 Å². The number of carbonyl (C=O) groups is 6. The molecule has 6 amide bonds. The van der Waals surface area contributed by atoms with Crippen LogP contribution >= 0.6 is 0 Å². The van der Waals surface area contributed by atoms with E-state index in [1.165, 1.54) is 40.0 Å². The highest BCUT2D eigenvalue weighted by molar-refractivity contribution is 6.23. The molecule has 5 heterocycles. The molecule has 0 aliphatic carbocycles. The number of amides is 6. The second-order valence-corrected chi connectivity index (χ2v) is 12.1. The van der Waals surface area contributed by atoms with Gasteiger partial charge in [-0.05, 0) is 42.5 Å². The molecule has 0 N–H and O–H groups in total. The van der Waals surface area contributed by atoms with Crippen LogP contribution in [-0.4, -0.2) is 107 Å². The third-order valence-corrected chi connectivity index (χ3v) is 8.88. The van der Waals surface area contributed by atoms with Crippen LogP contribution in [0.4, 0.5) is 0 Å². The van der Waals surface area contributed by atoms with E-state index in [1.54, 1.807) is 67.7 Å². The summed E-state index contributed by atoms with van der Waals surface area (Å²) in [5, 5.41) is 8.12. The Morgan fingerprint density at radius 1 is 0.564 bits per heavy atom. The van der Waals surface area contributed by atoms with Gasteiger partial charge in [0.15, 0.2) is 11.5 Å². The number of hydrogen-bond acceptors (Lipinski definition) is 13. The second kappa shape index (κ2) is 14.9. The number of hydrogen-bond donors (Lipinski definition) is 0. The average Bonchev–Trinajstić information content (AvgIpc) is 3.89. The molecule has 0 fully saturated rings. The maximum Gasteiger partial charge on any atom is 0.277 e. The van der Waals surface area contributed by atoms with Crippen LogP contribution in [0.2, 0.25) is 0 Å². The minimum Gasteiger partial charge on any atom is -0.497 e. The van der Waals surface area contributed by atoms with Gasteiger partial charge in [0.05, 0.1) is 53.0 Å². The highest BCUT2D eigenvalue weighted by atomic mass is 16.7. The number of fused-ring (bicyclic) bond motifs is 5. The van der Waals surface area contributed by atoms with Gasteiger partial charge in [0, 0.05) is 34.3 Å². The van der Waals surface area contributed by atoms with E-state index in [1.807, 2.05) is 12.1 Å². The van der Waals surface area contributed by atoms with Crippen LogP contribution in [0.3, 0.4) is 0 Å². The highest BCUT2D eigenvalue weighted by Crippen LogP contribution is 2.38. The fourth-order valence-electron chi connectivity index (χ4n) is 5.83. The third kappa shape index (κ3) is 6.69. The predicted octanol–water partition coefficient (Wildman–Crippen LogP) is 2.81. The quantitative estimate of drug-likeness (QED) is 0.239. The molecule has 280 valence electrons. The summed E-state index contributed by atoms with van der Waals surface area (Å²) in [6.45, 7) is 0.135. The third-order valence-electron chi connectivity index (χ3n) is 8.88. The van der Waals surface area contributed by atoms with Crippen LogP contribution in [0.15, 0.2) is 77.6 Å². The summed E-state index contributed by atoms with van der Waals surface area (Å²) in [6.07, 6.45) is 0. The van der Waals surface area contributed by atoms with Crippen LogP contribution in [0.5, 0.6) is 23.0 Å². The van der Waals surface area contributed by atoms with Crippen molar-refractivity contribution in [1.29, 1.82) is 0 Å². The minimum atomic E-state index is -0.348. The Hall–Kier alpha value is -7.43. The van der Waals surface area contributed by atoms with Crippen molar-refractivity contribution in [3.8, 4) is 23.0 Å². The molecule has 0 saturated carbocycles. The van der Waals surface area contributed by atoms with Crippen LogP contribution in [0.1, 0.15) is 62.1 Å². The second-order valence-electron chi connectivity index (χ2n) is 12.1. The first-order chi connectivity index (χ1) is 26.3. The number of methoxy groups -OCH3 is 2. The molecule has 4 aliphatic heterocycles. The summed E-state index contributed by atoms with van der Waals surface area (Å²) in [7, 11) is 8.91. The molecule has 17 nitrogen and oxygen atoms in total. The van der Waals surface area contributed by atoms with Crippen molar-refractivity contribution in [1.82, 2.24) is 29.7 Å². The SMILES string of the molecule is CN1C(=O)c2cc3c(cc2C1=O)OCO3.CN1C(=O)c2ccccc2C1=O.COc1cc(OC)c2c(c1)C(=O)N(C)C2=O.Cn1nnc2ccccc2c1=O. The van der Waals surface area contributed by atoms with Crippen LogP contribution in [-0.2, 0) is 7.05 Å². The van der Waals surface area contributed by atoms with Crippen molar-refractivity contribution in [2.45, 2.75) is 0 Å². The average molecular weight is 749 g/mol. The van der Waals surface area contributed by atoms with E-state index in [9.17, 15) is 33.6 Å². The fourth-order valence-corrected chi connectivity index (χ4v) is 5.83. The molecule has 5 aromatic rings.